The highest BCUT2D eigenvalue weighted by atomic mass is 16.5. The van der Waals surface area contributed by atoms with E-state index in [1.54, 1.807) is 12.1 Å². The van der Waals surface area contributed by atoms with Crippen molar-refractivity contribution in [3.8, 4) is 5.75 Å². The molecule has 0 saturated carbocycles. The average molecular weight is 164 g/mol. The molecular formula is C10H12O2. The normalized spacial score (nSPS) is 20.1. The Morgan fingerprint density at radius 2 is 1.83 bits per heavy atom. The summed E-state index contributed by atoms with van der Waals surface area (Å²) in [5, 5.41) is 9.08. The van der Waals surface area contributed by atoms with Crippen LogP contribution in [0.1, 0.15) is 12.5 Å². The number of ether oxygens (including phenoxy) is 1. The van der Waals surface area contributed by atoms with Crippen LogP contribution in [-0.4, -0.2) is 18.3 Å². The van der Waals surface area contributed by atoms with Crippen molar-refractivity contribution < 1.29 is 9.84 Å². The highest BCUT2D eigenvalue weighted by molar-refractivity contribution is 5.32. The van der Waals surface area contributed by atoms with E-state index in [0.717, 1.165) is 13.2 Å². The summed E-state index contributed by atoms with van der Waals surface area (Å²) in [6, 6.07) is 7.35. The molecule has 1 aromatic rings. The van der Waals surface area contributed by atoms with Crippen molar-refractivity contribution >= 4 is 0 Å². The predicted molar refractivity (Wildman–Crippen MR) is 46.3 cm³/mol. The van der Waals surface area contributed by atoms with Crippen molar-refractivity contribution in [2.45, 2.75) is 12.3 Å². The minimum Gasteiger partial charge on any atom is -0.508 e. The van der Waals surface area contributed by atoms with Crippen molar-refractivity contribution in [1.29, 1.82) is 0 Å². The second-order valence-corrected chi connectivity index (χ2v) is 3.60. The third-order valence-corrected chi connectivity index (χ3v) is 2.41. The van der Waals surface area contributed by atoms with Crippen LogP contribution in [0.15, 0.2) is 24.3 Å². The first-order valence-electron chi connectivity index (χ1n) is 4.08. The number of phenols is 1. The summed E-state index contributed by atoms with van der Waals surface area (Å²) < 4.78 is 5.16. The molecule has 12 heavy (non-hydrogen) atoms. The van der Waals surface area contributed by atoms with Gasteiger partial charge in [-0.1, -0.05) is 19.1 Å². The minimum absolute atomic E-state index is 0.174. The standard InChI is InChI=1S/C10H12O2/c1-10(6-12-7-10)8-2-4-9(11)5-3-8/h2-5,11H,6-7H2,1H3. The van der Waals surface area contributed by atoms with Crippen molar-refractivity contribution in [3.05, 3.63) is 29.8 Å². The molecule has 2 heteroatoms. The summed E-state index contributed by atoms with van der Waals surface area (Å²) in [6.07, 6.45) is 0. The number of hydrogen-bond donors (Lipinski definition) is 1. The van der Waals surface area contributed by atoms with Gasteiger partial charge < -0.3 is 9.84 Å². The molecule has 0 aliphatic carbocycles. The molecular weight excluding hydrogens is 152 g/mol. The number of rotatable bonds is 1. The van der Waals surface area contributed by atoms with Gasteiger partial charge in [0.15, 0.2) is 0 Å². The van der Waals surface area contributed by atoms with Crippen LogP contribution in [0.25, 0.3) is 0 Å². The van der Waals surface area contributed by atoms with Crippen LogP contribution in [0.5, 0.6) is 5.75 Å². The molecule has 0 atom stereocenters. The summed E-state index contributed by atoms with van der Waals surface area (Å²) in [5.74, 6) is 0.322. The van der Waals surface area contributed by atoms with E-state index in [-0.39, 0.29) is 5.41 Å². The Bertz CT molecular complexity index is 272. The second-order valence-electron chi connectivity index (χ2n) is 3.60. The molecule has 0 spiro atoms. The van der Waals surface area contributed by atoms with E-state index < -0.39 is 0 Å². The number of phenolic OH excluding ortho intramolecular Hbond substituents is 1. The van der Waals surface area contributed by atoms with Gasteiger partial charge in [-0.15, -0.1) is 0 Å². The van der Waals surface area contributed by atoms with Gasteiger partial charge in [0, 0.05) is 5.41 Å². The zero-order chi connectivity index (χ0) is 8.60. The molecule has 0 aromatic heterocycles. The molecule has 0 radical (unpaired) electrons. The van der Waals surface area contributed by atoms with Gasteiger partial charge in [-0.2, -0.15) is 0 Å². The lowest BCUT2D eigenvalue weighted by atomic mass is 9.81. The fourth-order valence-corrected chi connectivity index (χ4v) is 1.44. The quantitative estimate of drug-likeness (QED) is 0.684. The Hall–Kier alpha value is -1.02. The van der Waals surface area contributed by atoms with Crippen LogP contribution in [0, 0.1) is 0 Å². The molecule has 2 rings (SSSR count). The number of aromatic hydroxyl groups is 1. The number of benzene rings is 1. The Labute approximate surface area is 71.8 Å². The summed E-state index contributed by atoms with van der Waals surface area (Å²) in [4.78, 5) is 0. The summed E-state index contributed by atoms with van der Waals surface area (Å²) in [5.41, 5.74) is 1.42. The molecule has 0 amide bonds. The monoisotopic (exact) mass is 164 g/mol. The van der Waals surface area contributed by atoms with Gasteiger partial charge in [-0.3, -0.25) is 0 Å². The van der Waals surface area contributed by atoms with Crippen LogP contribution in [-0.2, 0) is 10.2 Å². The first-order chi connectivity index (χ1) is 5.71. The van der Waals surface area contributed by atoms with Gasteiger partial charge in [0.2, 0.25) is 0 Å². The maximum Gasteiger partial charge on any atom is 0.115 e. The minimum atomic E-state index is 0.174. The molecule has 1 heterocycles. The lowest BCUT2D eigenvalue weighted by molar-refractivity contribution is -0.0500. The third kappa shape index (κ3) is 1.08. The highest BCUT2D eigenvalue weighted by Gasteiger charge is 2.34. The smallest absolute Gasteiger partial charge is 0.115 e. The van der Waals surface area contributed by atoms with Gasteiger partial charge in [0.25, 0.3) is 0 Å². The molecule has 2 nitrogen and oxygen atoms in total. The van der Waals surface area contributed by atoms with Crippen LogP contribution >= 0.6 is 0 Å². The topological polar surface area (TPSA) is 29.5 Å². The summed E-state index contributed by atoms with van der Waals surface area (Å²) in [6.45, 7) is 3.75. The highest BCUT2D eigenvalue weighted by Crippen LogP contribution is 2.32. The second kappa shape index (κ2) is 2.49. The van der Waals surface area contributed by atoms with Gasteiger partial charge >= 0.3 is 0 Å². The SMILES string of the molecule is CC1(c2ccc(O)cc2)COC1. The Morgan fingerprint density at radius 3 is 2.25 bits per heavy atom. The molecule has 1 N–H and O–H groups in total. The molecule has 1 aliphatic heterocycles. The molecule has 64 valence electrons. The summed E-state index contributed by atoms with van der Waals surface area (Å²) >= 11 is 0. The maximum atomic E-state index is 9.08. The van der Waals surface area contributed by atoms with Crippen LogP contribution in [0.2, 0.25) is 0 Å². The van der Waals surface area contributed by atoms with Gasteiger partial charge in [0.05, 0.1) is 13.2 Å². The van der Waals surface area contributed by atoms with Gasteiger partial charge in [-0.25, -0.2) is 0 Å². The van der Waals surface area contributed by atoms with Crippen LogP contribution in [0.3, 0.4) is 0 Å². The Balaban J connectivity index is 2.28. The lowest BCUT2D eigenvalue weighted by Gasteiger charge is -2.38. The molecule has 1 aliphatic rings. The molecule has 1 saturated heterocycles. The number of hydrogen-bond acceptors (Lipinski definition) is 2. The van der Waals surface area contributed by atoms with Crippen molar-refractivity contribution in [3.63, 3.8) is 0 Å². The molecule has 1 fully saturated rings. The van der Waals surface area contributed by atoms with E-state index in [4.69, 9.17) is 9.84 Å². The Kier molecular flexibility index (Phi) is 1.58. The first kappa shape index (κ1) is 7.62. The predicted octanol–water partition coefficient (Wildman–Crippen LogP) is 1.68. The zero-order valence-electron chi connectivity index (χ0n) is 7.08. The Morgan fingerprint density at radius 1 is 1.25 bits per heavy atom. The van der Waals surface area contributed by atoms with Crippen molar-refractivity contribution in [2.75, 3.05) is 13.2 Å². The fourth-order valence-electron chi connectivity index (χ4n) is 1.44. The fraction of sp³-hybridized carbons (Fsp3) is 0.400. The lowest BCUT2D eigenvalue weighted by Crippen LogP contribution is -2.43. The van der Waals surface area contributed by atoms with Crippen LogP contribution in [0.4, 0.5) is 0 Å². The van der Waals surface area contributed by atoms with E-state index in [1.165, 1.54) is 5.56 Å². The van der Waals surface area contributed by atoms with E-state index in [1.807, 2.05) is 12.1 Å². The molecule has 0 bridgehead atoms. The maximum absolute atomic E-state index is 9.08. The van der Waals surface area contributed by atoms with Gasteiger partial charge in [0.1, 0.15) is 5.75 Å². The first-order valence-corrected chi connectivity index (χ1v) is 4.08. The zero-order valence-corrected chi connectivity index (χ0v) is 7.08. The van der Waals surface area contributed by atoms with E-state index in [9.17, 15) is 0 Å². The molecule has 1 aromatic carbocycles. The average Bonchev–Trinajstić information content (AvgIpc) is 2.02. The van der Waals surface area contributed by atoms with Crippen molar-refractivity contribution in [1.82, 2.24) is 0 Å². The largest absolute Gasteiger partial charge is 0.508 e. The van der Waals surface area contributed by atoms with Crippen molar-refractivity contribution in [2.24, 2.45) is 0 Å². The van der Waals surface area contributed by atoms with Crippen LogP contribution < -0.4 is 0 Å². The third-order valence-electron chi connectivity index (χ3n) is 2.41. The van der Waals surface area contributed by atoms with E-state index in [0.29, 0.717) is 5.75 Å². The van der Waals surface area contributed by atoms with E-state index >= 15 is 0 Å². The molecule has 0 unspecified atom stereocenters. The van der Waals surface area contributed by atoms with E-state index in [2.05, 4.69) is 6.92 Å². The summed E-state index contributed by atoms with van der Waals surface area (Å²) in [7, 11) is 0. The van der Waals surface area contributed by atoms with Gasteiger partial charge in [-0.05, 0) is 17.7 Å².